The van der Waals surface area contributed by atoms with Gasteiger partial charge >= 0.3 is 0 Å². The van der Waals surface area contributed by atoms with Crippen molar-refractivity contribution in [2.45, 2.75) is 12.6 Å². The van der Waals surface area contributed by atoms with Gasteiger partial charge in [-0.25, -0.2) is 0 Å². The first-order chi connectivity index (χ1) is 7.31. The average molecular weight is 221 g/mol. The molecule has 0 aromatic heterocycles. The lowest BCUT2D eigenvalue weighted by atomic mass is 10.2. The van der Waals surface area contributed by atoms with Gasteiger partial charge in [0, 0.05) is 12.3 Å². The second kappa shape index (κ2) is 4.49. The minimum atomic E-state index is -0.261. The number of aldehydes is 1. The molecule has 0 N–H and O–H groups in total. The predicted octanol–water partition coefficient (Wildman–Crippen LogP) is 1.92. The van der Waals surface area contributed by atoms with Gasteiger partial charge in [-0.3, -0.25) is 4.79 Å². The van der Waals surface area contributed by atoms with Crippen LogP contribution in [0.5, 0.6) is 0 Å². The second-order valence-electron chi connectivity index (χ2n) is 3.39. The van der Waals surface area contributed by atoms with Crippen LogP contribution in [0.4, 0.5) is 4.79 Å². The molecular formula is C11H11NO2S. The molecule has 1 aliphatic heterocycles. The lowest BCUT2D eigenvalue weighted by Gasteiger charge is -2.19. The molecule has 0 spiro atoms. The molecule has 1 atom stereocenters. The highest BCUT2D eigenvalue weighted by Crippen LogP contribution is 2.24. The van der Waals surface area contributed by atoms with Gasteiger partial charge in [0.05, 0.1) is 6.04 Å². The molecule has 1 aliphatic rings. The van der Waals surface area contributed by atoms with Crippen molar-refractivity contribution in [3.05, 3.63) is 35.9 Å². The van der Waals surface area contributed by atoms with E-state index in [-0.39, 0.29) is 11.3 Å². The van der Waals surface area contributed by atoms with Gasteiger partial charge in [0.25, 0.3) is 5.24 Å². The highest BCUT2D eigenvalue weighted by Gasteiger charge is 2.31. The molecule has 15 heavy (non-hydrogen) atoms. The Hall–Kier alpha value is -1.29. The number of hydrogen-bond donors (Lipinski definition) is 0. The fourth-order valence-corrected chi connectivity index (χ4v) is 2.48. The van der Waals surface area contributed by atoms with Crippen molar-refractivity contribution < 1.29 is 9.59 Å². The standard InChI is InChI=1S/C11H11NO2S/c13-7-10-8-15-11(14)12(10)6-9-4-2-1-3-5-9/h1-5,7,10H,6,8H2/t10-/m1/s1. The summed E-state index contributed by atoms with van der Waals surface area (Å²) in [6.07, 6.45) is 0.848. The van der Waals surface area contributed by atoms with E-state index in [9.17, 15) is 9.59 Å². The minimum absolute atomic E-state index is 0.00375. The van der Waals surface area contributed by atoms with Crippen LogP contribution in [0.15, 0.2) is 30.3 Å². The second-order valence-corrected chi connectivity index (χ2v) is 4.37. The number of benzene rings is 1. The topological polar surface area (TPSA) is 37.4 Å². The molecule has 1 aromatic carbocycles. The van der Waals surface area contributed by atoms with Crippen LogP contribution >= 0.6 is 11.8 Å². The lowest BCUT2D eigenvalue weighted by Crippen LogP contribution is -2.33. The Balaban J connectivity index is 2.10. The Morgan fingerprint density at radius 1 is 1.40 bits per heavy atom. The number of carbonyl (C=O) groups excluding carboxylic acids is 2. The van der Waals surface area contributed by atoms with Gasteiger partial charge in [0.1, 0.15) is 6.29 Å². The molecule has 0 aliphatic carbocycles. The van der Waals surface area contributed by atoms with E-state index < -0.39 is 0 Å². The monoisotopic (exact) mass is 221 g/mol. The van der Waals surface area contributed by atoms with Crippen LogP contribution in [0.2, 0.25) is 0 Å². The van der Waals surface area contributed by atoms with Gasteiger partial charge in [0.2, 0.25) is 0 Å². The van der Waals surface area contributed by atoms with Crippen LogP contribution in [0.1, 0.15) is 5.56 Å². The highest BCUT2D eigenvalue weighted by atomic mass is 32.2. The van der Waals surface area contributed by atoms with Gasteiger partial charge in [-0.15, -0.1) is 0 Å². The zero-order valence-corrected chi connectivity index (χ0v) is 8.94. The number of rotatable bonds is 3. The van der Waals surface area contributed by atoms with Crippen LogP contribution in [0.3, 0.4) is 0 Å². The summed E-state index contributed by atoms with van der Waals surface area (Å²) in [5.74, 6) is 0.579. The van der Waals surface area contributed by atoms with E-state index in [1.54, 1.807) is 4.90 Å². The zero-order chi connectivity index (χ0) is 10.7. The van der Waals surface area contributed by atoms with Crippen LogP contribution in [0.25, 0.3) is 0 Å². The summed E-state index contributed by atoms with van der Waals surface area (Å²) in [4.78, 5) is 23.8. The molecule has 2 rings (SSSR count). The van der Waals surface area contributed by atoms with Crippen molar-refractivity contribution in [1.29, 1.82) is 0 Å². The first-order valence-electron chi connectivity index (χ1n) is 4.74. The normalized spacial score (nSPS) is 20.7. The van der Waals surface area contributed by atoms with Crippen molar-refractivity contribution in [3.8, 4) is 0 Å². The Kier molecular flexibility index (Phi) is 3.06. The third kappa shape index (κ3) is 2.21. The number of amides is 1. The molecule has 1 fully saturated rings. The van der Waals surface area contributed by atoms with Gasteiger partial charge < -0.3 is 9.69 Å². The van der Waals surface area contributed by atoms with Crippen LogP contribution in [-0.2, 0) is 11.3 Å². The van der Waals surface area contributed by atoms with E-state index in [0.717, 1.165) is 11.8 Å². The molecule has 0 radical (unpaired) electrons. The number of nitrogens with zero attached hydrogens (tertiary/aromatic N) is 1. The third-order valence-electron chi connectivity index (χ3n) is 2.37. The average Bonchev–Trinajstić information content (AvgIpc) is 2.62. The fourth-order valence-electron chi connectivity index (χ4n) is 1.54. The molecule has 1 amide bonds. The maximum Gasteiger partial charge on any atom is 0.282 e. The third-order valence-corrected chi connectivity index (χ3v) is 3.35. The number of carbonyl (C=O) groups is 2. The smallest absolute Gasteiger partial charge is 0.282 e. The van der Waals surface area contributed by atoms with E-state index in [4.69, 9.17) is 0 Å². The Morgan fingerprint density at radius 3 is 2.80 bits per heavy atom. The quantitative estimate of drug-likeness (QED) is 0.732. The molecule has 0 unspecified atom stereocenters. The minimum Gasteiger partial charge on any atom is -0.319 e. The predicted molar refractivity (Wildman–Crippen MR) is 59.7 cm³/mol. The number of thioether (sulfide) groups is 1. The van der Waals surface area contributed by atoms with Crippen molar-refractivity contribution >= 4 is 23.3 Å². The van der Waals surface area contributed by atoms with E-state index in [1.807, 2.05) is 30.3 Å². The molecule has 3 nitrogen and oxygen atoms in total. The van der Waals surface area contributed by atoms with Gasteiger partial charge in [-0.1, -0.05) is 42.1 Å². The SMILES string of the molecule is O=C[C@@H]1CSC(=O)N1Cc1ccccc1. The van der Waals surface area contributed by atoms with Gasteiger partial charge in [0.15, 0.2) is 0 Å². The fraction of sp³-hybridized carbons (Fsp3) is 0.273. The van der Waals surface area contributed by atoms with E-state index in [1.165, 1.54) is 11.8 Å². The van der Waals surface area contributed by atoms with Crippen molar-refractivity contribution in [1.82, 2.24) is 4.90 Å². The summed E-state index contributed by atoms with van der Waals surface area (Å²) in [5, 5.41) is -0.00375. The molecule has 1 saturated heterocycles. The summed E-state index contributed by atoms with van der Waals surface area (Å²) < 4.78 is 0. The zero-order valence-electron chi connectivity index (χ0n) is 8.13. The van der Waals surface area contributed by atoms with Crippen LogP contribution in [0, 0.1) is 0 Å². The maximum atomic E-state index is 11.5. The first kappa shape index (κ1) is 10.2. The van der Waals surface area contributed by atoms with Gasteiger partial charge in [-0.05, 0) is 5.56 Å². The summed E-state index contributed by atoms with van der Waals surface area (Å²) in [6.45, 7) is 0.524. The molecule has 0 saturated carbocycles. The van der Waals surface area contributed by atoms with E-state index >= 15 is 0 Å². The molecular weight excluding hydrogens is 210 g/mol. The van der Waals surface area contributed by atoms with Crippen LogP contribution in [-0.4, -0.2) is 28.2 Å². The van der Waals surface area contributed by atoms with E-state index in [0.29, 0.717) is 12.3 Å². The number of hydrogen-bond acceptors (Lipinski definition) is 3. The summed E-state index contributed by atoms with van der Waals surface area (Å²) in [7, 11) is 0. The van der Waals surface area contributed by atoms with Crippen molar-refractivity contribution in [2.75, 3.05) is 5.75 Å². The van der Waals surface area contributed by atoms with Gasteiger partial charge in [-0.2, -0.15) is 0 Å². The summed E-state index contributed by atoms with van der Waals surface area (Å²) >= 11 is 1.21. The Labute approximate surface area is 92.5 Å². The molecule has 78 valence electrons. The highest BCUT2D eigenvalue weighted by molar-refractivity contribution is 8.13. The molecule has 1 aromatic rings. The molecule has 1 heterocycles. The maximum absolute atomic E-state index is 11.5. The lowest BCUT2D eigenvalue weighted by molar-refractivity contribution is -0.110. The first-order valence-corrected chi connectivity index (χ1v) is 5.72. The molecule has 4 heteroatoms. The van der Waals surface area contributed by atoms with Crippen molar-refractivity contribution in [3.63, 3.8) is 0 Å². The summed E-state index contributed by atoms with van der Waals surface area (Å²) in [6, 6.07) is 9.44. The Morgan fingerprint density at radius 2 is 2.13 bits per heavy atom. The van der Waals surface area contributed by atoms with E-state index in [2.05, 4.69) is 0 Å². The molecule has 0 bridgehead atoms. The van der Waals surface area contributed by atoms with Crippen molar-refractivity contribution in [2.24, 2.45) is 0 Å². The summed E-state index contributed by atoms with van der Waals surface area (Å²) in [5.41, 5.74) is 1.06. The Bertz CT molecular complexity index is 366. The largest absolute Gasteiger partial charge is 0.319 e. The van der Waals surface area contributed by atoms with Crippen LogP contribution < -0.4 is 0 Å².